The Hall–Kier alpha value is -0.390. The van der Waals surface area contributed by atoms with Crippen molar-refractivity contribution in [3.8, 4) is 0 Å². The van der Waals surface area contributed by atoms with Crippen LogP contribution in [-0.2, 0) is 0 Å². The fourth-order valence-electron chi connectivity index (χ4n) is 1.51. The third-order valence-corrected chi connectivity index (χ3v) is 2.88. The number of thiocarbonyl (C=S) groups is 1. The van der Waals surface area contributed by atoms with Gasteiger partial charge in [0.1, 0.15) is 0 Å². The van der Waals surface area contributed by atoms with Gasteiger partial charge >= 0.3 is 0 Å². The summed E-state index contributed by atoms with van der Waals surface area (Å²) in [5, 5.41) is 6.26. The molecule has 4 nitrogen and oxygen atoms in total. The zero-order valence-corrected chi connectivity index (χ0v) is 9.44. The molecule has 5 heteroatoms. The molecule has 1 aliphatic heterocycles. The van der Waals surface area contributed by atoms with Crippen molar-refractivity contribution in [3.05, 3.63) is 0 Å². The largest absolute Gasteiger partial charge is 0.359 e. The predicted molar refractivity (Wildman–Crippen MR) is 61.0 cm³/mol. The second kappa shape index (κ2) is 4.42. The highest BCUT2D eigenvalue weighted by atomic mass is 32.1. The molecule has 0 bridgehead atoms. The number of hydrazine groups is 1. The van der Waals surface area contributed by atoms with E-state index >= 15 is 0 Å². The van der Waals surface area contributed by atoms with E-state index in [2.05, 4.69) is 27.7 Å². The molecule has 2 N–H and O–H groups in total. The van der Waals surface area contributed by atoms with Crippen molar-refractivity contribution < 1.29 is 0 Å². The van der Waals surface area contributed by atoms with Crippen LogP contribution in [0.2, 0.25) is 0 Å². The summed E-state index contributed by atoms with van der Waals surface area (Å²) in [5.74, 6) is 0. The van der Waals surface area contributed by atoms with E-state index in [9.17, 15) is 0 Å². The Bertz CT molecular complexity index is 209. The summed E-state index contributed by atoms with van der Waals surface area (Å²) in [5.41, 5.74) is 3.24. The van der Waals surface area contributed by atoms with Gasteiger partial charge in [0.15, 0.2) is 5.11 Å². The van der Waals surface area contributed by atoms with Gasteiger partial charge in [-0.15, -0.1) is 0 Å². The summed E-state index contributed by atoms with van der Waals surface area (Å²) in [7, 11) is 2.15. The second-order valence-corrected chi connectivity index (χ2v) is 4.56. The molecule has 0 aromatic rings. The van der Waals surface area contributed by atoms with Gasteiger partial charge < -0.3 is 10.2 Å². The fraction of sp³-hybridized carbons (Fsp3) is 0.889. The van der Waals surface area contributed by atoms with Crippen LogP contribution in [0.25, 0.3) is 0 Å². The van der Waals surface area contributed by atoms with Crippen LogP contribution in [0.4, 0.5) is 0 Å². The highest BCUT2D eigenvalue weighted by molar-refractivity contribution is 7.80. The normalized spacial score (nSPS) is 24.6. The van der Waals surface area contributed by atoms with E-state index in [1.165, 1.54) is 12.8 Å². The molecule has 2 aliphatic rings. The maximum Gasteiger partial charge on any atom is 0.181 e. The van der Waals surface area contributed by atoms with Crippen molar-refractivity contribution in [2.75, 3.05) is 33.2 Å². The van der Waals surface area contributed by atoms with Gasteiger partial charge in [-0.3, -0.25) is 5.43 Å². The molecular weight excluding hydrogens is 196 g/mol. The molecule has 2 fully saturated rings. The predicted octanol–water partition coefficient (Wildman–Crippen LogP) is -0.225. The lowest BCUT2D eigenvalue weighted by atomic mass is 10.4. The van der Waals surface area contributed by atoms with Gasteiger partial charge in [0.25, 0.3) is 0 Å². The average molecular weight is 214 g/mol. The smallest absolute Gasteiger partial charge is 0.181 e. The van der Waals surface area contributed by atoms with E-state index in [4.69, 9.17) is 12.2 Å². The maximum absolute atomic E-state index is 5.20. The van der Waals surface area contributed by atoms with Gasteiger partial charge in [-0.25, -0.2) is 5.01 Å². The summed E-state index contributed by atoms with van der Waals surface area (Å²) in [6.07, 6.45) is 2.54. The van der Waals surface area contributed by atoms with Gasteiger partial charge in [-0.1, -0.05) is 0 Å². The van der Waals surface area contributed by atoms with Crippen molar-refractivity contribution >= 4 is 17.3 Å². The van der Waals surface area contributed by atoms with Gasteiger partial charge in [0, 0.05) is 32.2 Å². The standard InChI is InChI=1S/C9H18N4S/c1-12-4-6-13(7-5-12)11-9(14)10-8-2-3-8/h8H,2-7H2,1H3,(H2,10,11,14). The Kier molecular flexibility index (Phi) is 3.20. The zero-order valence-electron chi connectivity index (χ0n) is 8.62. The van der Waals surface area contributed by atoms with Gasteiger partial charge in [0.05, 0.1) is 0 Å². The van der Waals surface area contributed by atoms with Crippen LogP contribution in [-0.4, -0.2) is 54.3 Å². The van der Waals surface area contributed by atoms with Crippen LogP contribution in [0.5, 0.6) is 0 Å². The van der Waals surface area contributed by atoms with E-state index in [0.29, 0.717) is 6.04 Å². The topological polar surface area (TPSA) is 30.5 Å². The molecule has 1 heterocycles. The van der Waals surface area contributed by atoms with E-state index in [-0.39, 0.29) is 0 Å². The van der Waals surface area contributed by atoms with Crippen molar-refractivity contribution in [3.63, 3.8) is 0 Å². The van der Waals surface area contributed by atoms with E-state index < -0.39 is 0 Å². The summed E-state index contributed by atoms with van der Waals surface area (Å²) >= 11 is 5.20. The third kappa shape index (κ3) is 3.08. The quantitative estimate of drug-likeness (QED) is 0.620. The van der Waals surface area contributed by atoms with Crippen molar-refractivity contribution in [2.45, 2.75) is 18.9 Å². The molecule has 0 aromatic heterocycles. The monoisotopic (exact) mass is 214 g/mol. The Labute approximate surface area is 90.6 Å². The first-order valence-corrected chi connectivity index (χ1v) is 5.65. The number of hydrogen-bond acceptors (Lipinski definition) is 3. The lowest BCUT2D eigenvalue weighted by Gasteiger charge is -2.33. The van der Waals surface area contributed by atoms with Crippen LogP contribution in [0.3, 0.4) is 0 Å². The maximum atomic E-state index is 5.20. The van der Waals surface area contributed by atoms with Crippen molar-refractivity contribution in [1.82, 2.24) is 20.7 Å². The molecule has 1 aliphatic carbocycles. The summed E-state index contributed by atoms with van der Waals surface area (Å²) < 4.78 is 0. The first kappa shape index (κ1) is 10.1. The van der Waals surface area contributed by atoms with Crippen LogP contribution in [0.15, 0.2) is 0 Å². The molecule has 0 spiro atoms. The molecule has 1 saturated heterocycles. The molecule has 1 saturated carbocycles. The Balaban J connectivity index is 1.66. The Morgan fingerprint density at radius 1 is 1.21 bits per heavy atom. The lowest BCUT2D eigenvalue weighted by molar-refractivity contribution is 0.130. The number of likely N-dealkylation sites (N-methyl/N-ethyl adjacent to an activating group) is 1. The number of hydrogen-bond donors (Lipinski definition) is 2. The SMILES string of the molecule is CN1CCN(NC(=S)NC2CC2)CC1. The Morgan fingerprint density at radius 2 is 1.86 bits per heavy atom. The van der Waals surface area contributed by atoms with E-state index in [0.717, 1.165) is 31.3 Å². The third-order valence-electron chi connectivity index (χ3n) is 2.68. The summed E-state index contributed by atoms with van der Waals surface area (Å²) in [4.78, 5) is 2.33. The van der Waals surface area contributed by atoms with E-state index in [1.807, 2.05) is 0 Å². The van der Waals surface area contributed by atoms with Gasteiger partial charge in [-0.05, 0) is 32.1 Å². The molecule has 2 rings (SSSR count). The highest BCUT2D eigenvalue weighted by Crippen LogP contribution is 2.18. The van der Waals surface area contributed by atoms with Crippen LogP contribution in [0.1, 0.15) is 12.8 Å². The second-order valence-electron chi connectivity index (χ2n) is 4.15. The van der Waals surface area contributed by atoms with Gasteiger partial charge in [-0.2, -0.15) is 0 Å². The number of nitrogens with zero attached hydrogens (tertiary/aromatic N) is 2. The van der Waals surface area contributed by atoms with Crippen molar-refractivity contribution in [1.29, 1.82) is 0 Å². The Morgan fingerprint density at radius 3 is 2.43 bits per heavy atom. The minimum absolute atomic E-state index is 0.641. The molecule has 14 heavy (non-hydrogen) atoms. The molecule has 0 amide bonds. The first-order chi connectivity index (χ1) is 6.74. The summed E-state index contributed by atoms with van der Waals surface area (Å²) in [6.45, 7) is 4.31. The first-order valence-electron chi connectivity index (χ1n) is 5.25. The van der Waals surface area contributed by atoms with Crippen LogP contribution in [0, 0.1) is 0 Å². The molecule has 0 atom stereocenters. The number of rotatable bonds is 2. The minimum atomic E-state index is 0.641. The fourth-order valence-corrected chi connectivity index (χ4v) is 1.80. The molecule has 80 valence electrons. The number of nitrogens with one attached hydrogen (secondary N) is 2. The van der Waals surface area contributed by atoms with Crippen molar-refractivity contribution in [2.24, 2.45) is 0 Å². The zero-order chi connectivity index (χ0) is 9.97. The lowest BCUT2D eigenvalue weighted by Crippen LogP contribution is -2.55. The molecule has 0 unspecified atom stereocenters. The molecule has 0 aromatic carbocycles. The average Bonchev–Trinajstić information content (AvgIpc) is 2.93. The highest BCUT2D eigenvalue weighted by Gasteiger charge is 2.22. The summed E-state index contributed by atoms with van der Waals surface area (Å²) in [6, 6.07) is 0.641. The van der Waals surface area contributed by atoms with Crippen LogP contribution < -0.4 is 10.7 Å². The minimum Gasteiger partial charge on any atom is -0.359 e. The van der Waals surface area contributed by atoms with E-state index in [1.54, 1.807) is 0 Å². The molecular formula is C9H18N4S. The molecule has 0 radical (unpaired) electrons. The van der Waals surface area contributed by atoms with Crippen LogP contribution >= 0.6 is 12.2 Å². The number of piperazine rings is 1. The van der Waals surface area contributed by atoms with Gasteiger partial charge in [0.2, 0.25) is 0 Å².